The van der Waals surface area contributed by atoms with Crippen LogP contribution in [0.5, 0.6) is 11.5 Å². The minimum absolute atomic E-state index is 0.0270. The smallest absolute Gasteiger partial charge is 0.264 e. The quantitative estimate of drug-likeness (QED) is 0.162. The Bertz CT molecular complexity index is 1800. The molecule has 0 unspecified atom stereocenters. The minimum atomic E-state index is -4.30. The van der Waals surface area contributed by atoms with E-state index >= 15 is 0 Å². The van der Waals surface area contributed by atoms with Crippen molar-refractivity contribution in [1.82, 2.24) is 10.2 Å². The fourth-order valence-corrected chi connectivity index (χ4v) is 7.85. The third kappa shape index (κ3) is 8.56. The Morgan fingerprint density at radius 3 is 2.19 bits per heavy atom. The van der Waals surface area contributed by atoms with Crippen LogP contribution in [0.3, 0.4) is 0 Å². The molecule has 11 heteroatoms. The average molecular weight is 735 g/mol. The van der Waals surface area contributed by atoms with Crippen molar-refractivity contribution in [2.75, 3.05) is 25.1 Å². The molecular formula is C37H40BrN3O6S. The van der Waals surface area contributed by atoms with Gasteiger partial charge in [0.2, 0.25) is 11.8 Å². The standard InChI is InChI=1S/C37H40BrN3O6S/c1-46-31-19-21-32(22-20-31)48(44,45)41(33-17-8-9-18-35(33)47-2)26-36(42)40(25-28-13-10-14-29(38)23-28)34(24-27-11-4-3-5-12-27)37(43)39-30-15-6-7-16-30/h3-5,8-14,17-23,30,34H,6-7,15-16,24-26H2,1-2H3,(H,39,43)/t34-/m1/s1. The number of sulfonamides is 1. The Morgan fingerprint density at radius 1 is 0.854 bits per heavy atom. The number of ether oxygens (including phenoxy) is 2. The summed E-state index contributed by atoms with van der Waals surface area (Å²) in [4.78, 5) is 30.4. The first kappa shape index (κ1) is 35.0. The molecule has 0 bridgehead atoms. The summed E-state index contributed by atoms with van der Waals surface area (Å²) in [6.07, 6.45) is 4.08. The maximum absolute atomic E-state index is 14.7. The first-order valence-electron chi connectivity index (χ1n) is 15.9. The fraction of sp³-hybridized carbons (Fsp3) is 0.297. The molecule has 1 atom stereocenters. The van der Waals surface area contributed by atoms with Gasteiger partial charge < -0.3 is 19.7 Å². The molecule has 1 N–H and O–H groups in total. The SMILES string of the molecule is COc1ccc(S(=O)(=O)N(CC(=O)N(Cc2cccc(Br)c2)[C@H](Cc2ccccc2)C(=O)NC2CCCC2)c2ccccc2OC)cc1. The Hall–Kier alpha value is -4.35. The van der Waals surface area contributed by atoms with Crippen molar-refractivity contribution in [3.05, 3.63) is 119 Å². The summed E-state index contributed by atoms with van der Waals surface area (Å²) < 4.78 is 41.4. The summed E-state index contributed by atoms with van der Waals surface area (Å²) >= 11 is 3.52. The molecule has 1 aliphatic carbocycles. The largest absolute Gasteiger partial charge is 0.497 e. The van der Waals surface area contributed by atoms with Crippen LogP contribution in [0, 0.1) is 0 Å². The molecule has 5 rings (SSSR count). The van der Waals surface area contributed by atoms with Gasteiger partial charge in [0.1, 0.15) is 24.1 Å². The highest BCUT2D eigenvalue weighted by molar-refractivity contribution is 9.10. The first-order valence-corrected chi connectivity index (χ1v) is 18.1. The molecule has 4 aromatic carbocycles. The molecule has 0 heterocycles. The highest BCUT2D eigenvalue weighted by Crippen LogP contribution is 2.33. The van der Waals surface area contributed by atoms with Crippen LogP contribution in [0.15, 0.2) is 112 Å². The van der Waals surface area contributed by atoms with Crippen LogP contribution in [0.1, 0.15) is 36.8 Å². The van der Waals surface area contributed by atoms with Crippen LogP contribution in [-0.4, -0.2) is 58.0 Å². The van der Waals surface area contributed by atoms with Gasteiger partial charge in [0, 0.05) is 23.5 Å². The molecule has 0 saturated heterocycles. The van der Waals surface area contributed by atoms with Crippen LogP contribution < -0.4 is 19.1 Å². The molecule has 0 radical (unpaired) electrons. The zero-order valence-electron chi connectivity index (χ0n) is 27.0. The van der Waals surface area contributed by atoms with Gasteiger partial charge in [0.05, 0.1) is 24.8 Å². The highest BCUT2D eigenvalue weighted by atomic mass is 79.9. The number of carbonyl (C=O) groups excluding carboxylic acids is 2. The third-order valence-electron chi connectivity index (χ3n) is 8.49. The average Bonchev–Trinajstić information content (AvgIpc) is 3.62. The summed E-state index contributed by atoms with van der Waals surface area (Å²) in [5.74, 6) is -0.0387. The molecule has 1 fully saturated rings. The molecule has 0 spiro atoms. The van der Waals surface area contributed by atoms with E-state index in [1.54, 1.807) is 36.4 Å². The summed E-state index contributed by atoms with van der Waals surface area (Å²) in [7, 11) is -1.36. The maximum Gasteiger partial charge on any atom is 0.264 e. The van der Waals surface area contributed by atoms with Gasteiger partial charge in [0.15, 0.2) is 0 Å². The van der Waals surface area contributed by atoms with Crippen molar-refractivity contribution in [3.8, 4) is 11.5 Å². The van der Waals surface area contributed by atoms with E-state index in [9.17, 15) is 18.0 Å². The fourth-order valence-electron chi connectivity index (χ4n) is 5.98. The lowest BCUT2D eigenvalue weighted by molar-refractivity contribution is -0.140. The predicted molar refractivity (Wildman–Crippen MR) is 190 cm³/mol. The van der Waals surface area contributed by atoms with Crippen LogP contribution in [-0.2, 0) is 32.6 Å². The van der Waals surface area contributed by atoms with Crippen molar-refractivity contribution >= 4 is 43.5 Å². The van der Waals surface area contributed by atoms with E-state index in [1.807, 2.05) is 54.6 Å². The van der Waals surface area contributed by atoms with Gasteiger partial charge in [0.25, 0.3) is 10.0 Å². The number of para-hydroxylation sites is 2. The highest BCUT2D eigenvalue weighted by Gasteiger charge is 2.36. The number of halogens is 1. The van der Waals surface area contributed by atoms with Crippen LogP contribution in [0.4, 0.5) is 5.69 Å². The van der Waals surface area contributed by atoms with Crippen molar-refractivity contribution in [2.24, 2.45) is 0 Å². The van der Waals surface area contributed by atoms with Crippen LogP contribution in [0.2, 0.25) is 0 Å². The molecular weight excluding hydrogens is 694 g/mol. The summed E-state index contributed by atoms with van der Waals surface area (Å²) in [6, 6.07) is 28.8. The van der Waals surface area contributed by atoms with E-state index in [1.165, 1.54) is 31.3 Å². The number of amides is 2. The van der Waals surface area contributed by atoms with Crippen molar-refractivity contribution in [3.63, 3.8) is 0 Å². The molecule has 1 saturated carbocycles. The number of benzene rings is 4. The van der Waals surface area contributed by atoms with E-state index in [-0.39, 0.29) is 41.2 Å². The number of methoxy groups -OCH3 is 2. The minimum Gasteiger partial charge on any atom is -0.497 e. The molecule has 1 aliphatic rings. The lowest BCUT2D eigenvalue weighted by Crippen LogP contribution is -2.54. The van der Waals surface area contributed by atoms with Crippen LogP contribution >= 0.6 is 15.9 Å². The van der Waals surface area contributed by atoms with E-state index in [0.29, 0.717) is 5.75 Å². The molecule has 4 aromatic rings. The van der Waals surface area contributed by atoms with E-state index in [4.69, 9.17) is 9.47 Å². The Balaban J connectivity index is 1.59. The second kappa shape index (κ2) is 16.2. The van der Waals surface area contributed by atoms with Gasteiger partial charge >= 0.3 is 0 Å². The summed E-state index contributed by atoms with van der Waals surface area (Å²) in [6.45, 7) is -0.499. The number of rotatable bonds is 14. The number of hydrogen-bond acceptors (Lipinski definition) is 6. The van der Waals surface area contributed by atoms with Gasteiger partial charge in [-0.05, 0) is 72.5 Å². The van der Waals surface area contributed by atoms with Gasteiger partial charge in [-0.15, -0.1) is 0 Å². The second-order valence-corrected chi connectivity index (χ2v) is 14.5. The van der Waals surface area contributed by atoms with Crippen LogP contribution in [0.25, 0.3) is 0 Å². The number of carbonyl (C=O) groups is 2. The lowest BCUT2D eigenvalue weighted by atomic mass is 10.0. The number of anilines is 1. The van der Waals surface area contributed by atoms with Gasteiger partial charge in [-0.25, -0.2) is 8.42 Å². The van der Waals surface area contributed by atoms with E-state index in [0.717, 1.165) is 45.6 Å². The van der Waals surface area contributed by atoms with Gasteiger partial charge in [-0.3, -0.25) is 13.9 Å². The van der Waals surface area contributed by atoms with Crippen molar-refractivity contribution in [2.45, 2.75) is 55.6 Å². The van der Waals surface area contributed by atoms with Gasteiger partial charge in [-0.1, -0.05) is 83.4 Å². The lowest BCUT2D eigenvalue weighted by Gasteiger charge is -2.34. The number of hydrogen-bond donors (Lipinski definition) is 1. The van der Waals surface area contributed by atoms with Crippen molar-refractivity contribution < 1.29 is 27.5 Å². The van der Waals surface area contributed by atoms with Gasteiger partial charge in [-0.2, -0.15) is 0 Å². The number of nitrogens with zero attached hydrogens (tertiary/aromatic N) is 2. The molecule has 0 aliphatic heterocycles. The number of nitrogens with one attached hydrogen (secondary N) is 1. The van der Waals surface area contributed by atoms with E-state index < -0.39 is 28.5 Å². The topological polar surface area (TPSA) is 105 Å². The zero-order valence-corrected chi connectivity index (χ0v) is 29.5. The molecule has 2 amide bonds. The first-order chi connectivity index (χ1) is 23.2. The Labute approximate surface area is 291 Å². The molecule has 48 heavy (non-hydrogen) atoms. The van der Waals surface area contributed by atoms with Crippen molar-refractivity contribution in [1.29, 1.82) is 0 Å². The normalized spacial score (nSPS) is 13.8. The molecule has 0 aromatic heterocycles. The Morgan fingerprint density at radius 2 is 1.52 bits per heavy atom. The monoisotopic (exact) mass is 733 g/mol. The summed E-state index contributed by atoms with van der Waals surface area (Å²) in [5.41, 5.74) is 1.86. The Kier molecular flexibility index (Phi) is 11.8. The molecule has 252 valence electrons. The second-order valence-electron chi connectivity index (χ2n) is 11.7. The summed E-state index contributed by atoms with van der Waals surface area (Å²) in [5, 5.41) is 3.20. The zero-order chi connectivity index (χ0) is 34.1. The molecule has 9 nitrogen and oxygen atoms in total. The maximum atomic E-state index is 14.7. The predicted octanol–water partition coefficient (Wildman–Crippen LogP) is 6.36. The van der Waals surface area contributed by atoms with E-state index in [2.05, 4.69) is 21.2 Å². The third-order valence-corrected chi connectivity index (χ3v) is 10.8.